The Balaban J connectivity index is 2.16. The first-order valence-corrected chi connectivity index (χ1v) is 11.2. The van der Waals surface area contributed by atoms with E-state index in [4.69, 9.17) is 4.74 Å². The molecule has 0 aromatic heterocycles. The standard InChI is InChI=1S/C25H36N2O5/c1-25(2,3)21-18-32-23(30)13-9-5-8-12-20(24(31)26-21)16-22(29)27(14-15-28)17-19-10-6-4-7-11-19/h4-8,10-11,20-21,28H,9,12-18H2,1-3H3,(H,26,31)/b8-5-/t20-,21+/m0/s1. The molecular weight excluding hydrogens is 408 g/mol. The SMILES string of the molecule is CC(C)(C)[C@H]1COC(=O)CC/C=C\C[C@@H](CC(=O)N(CCO)Cc2ccccc2)C(=O)N1. The Hall–Kier alpha value is -2.67. The van der Waals surface area contributed by atoms with Crippen molar-refractivity contribution in [2.45, 2.75) is 59.0 Å². The van der Waals surface area contributed by atoms with Crippen LogP contribution in [0.5, 0.6) is 0 Å². The van der Waals surface area contributed by atoms with Gasteiger partial charge in [0.25, 0.3) is 0 Å². The Morgan fingerprint density at radius 1 is 1.19 bits per heavy atom. The number of nitrogens with zero attached hydrogens (tertiary/aromatic N) is 1. The largest absolute Gasteiger partial charge is 0.463 e. The molecule has 1 heterocycles. The minimum atomic E-state index is -0.546. The fourth-order valence-corrected chi connectivity index (χ4v) is 3.47. The number of benzene rings is 1. The monoisotopic (exact) mass is 444 g/mol. The van der Waals surface area contributed by atoms with Crippen LogP contribution in [0, 0.1) is 11.3 Å². The molecule has 0 radical (unpaired) electrons. The lowest BCUT2D eigenvalue weighted by Crippen LogP contribution is -2.49. The molecular formula is C25H36N2O5. The lowest BCUT2D eigenvalue weighted by Gasteiger charge is -2.32. The number of rotatable bonds is 6. The van der Waals surface area contributed by atoms with Gasteiger partial charge in [0.05, 0.1) is 18.6 Å². The van der Waals surface area contributed by atoms with E-state index in [9.17, 15) is 19.5 Å². The Morgan fingerprint density at radius 2 is 1.91 bits per heavy atom. The number of hydrogen-bond donors (Lipinski definition) is 2. The van der Waals surface area contributed by atoms with Crippen molar-refractivity contribution in [3.8, 4) is 0 Å². The highest BCUT2D eigenvalue weighted by molar-refractivity contribution is 5.86. The summed E-state index contributed by atoms with van der Waals surface area (Å²) in [5.74, 6) is -1.24. The lowest BCUT2D eigenvalue weighted by molar-refractivity contribution is -0.146. The highest BCUT2D eigenvalue weighted by atomic mass is 16.5. The van der Waals surface area contributed by atoms with Crippen molar-refractivity contribution < 1.29 is 24.2 Å². The van der Waals surface area contributed by atoms with E-state index >= 15 is 0 Å². The molecule has 1 aromatic rings. The van der Waals surface area contributed by atoms with Gasteiger partial charge in [-0.25, -0.2) is 0 Å². The third kappa shape index (κ3) is 8.46. The zero-order chi connectivity index (χ0) is 23.6. The fourth-order valence-electron chi connectivity index (χ4n) is 3.47. The molecule has 1 aliphatic rings. The second kappa shape index (κ2) is 12.4. The van der Waals surface area contributed by atoms with Gasteiger partial charge in [-0.3, -0.25) is 14.4 Å². The van der Waals surface area contributed by atoms with Crippen LogP contribution in [-0.2, 0) is 25.7 Å². The molecule has 0 unspecified atom stereocenters. The minimum Gasteiger partial charge on any atom is -0.463 e. The van der Waals surface area contributed by atoms with Crippen molar-refractivity contribution in [3.05, 3.63) is 48.0 Å². The second-order valence-electron chi connectivity index (χ2n) is 9.28. The Morgan fingerprint density at radius 3 is 2.56 bits per heavy atom. The van der Waals surface area contributed by atoms with Crippen molar-refractivity contribution in [3.63, 3.8) is 0 Å². The van der Waals surface area contributed by atoms with E-state index < -0.39 is 5.92 Å². The van der Waals surface area contributed by atoms with Gasteiger partial charge < -0.3 is 20.1 Å². The third-order valence-electron chi connectivity index (χ3n) is 5.61. The summed E-state index contributed by atoms with van der Waals surface area (Å²) in [5, 5.41) is 12.5. The summed E-state index contributed by atoms with van der Waals surface area (Å²) < 4.78 is 5.36. The fraction of sp³-hybridized carbons (Fsp3) is 0.560. The van der Waals surface area contributed by atoms with Gasteiger partial charge >= 0.3 is 5.97 Å². The molecule has 0 fully saturated rings. The molecule has 0 aliphatic carbocycles. The second-order valence-corrected chi connectivity index (χ2v) is 9.28. The van der Waals surface area contributed by atoms with Gasteiger partial charge in [-0.05, 0) is 23.8 Å². The predicted molar refractivity (Wildman–Crippen MR) is 122 cm³/mol. The Labute approximate surface area is 190 Å². The molecule has 2 amide bonds. The van der Waals surface area contributed by atoms with Gasteiger partial charge in [-0.15, -0.1) is 0 Å². The van der Waals surface area contributed by atoms with Gasteiger partial charge in [-0.2, -0.15) is 0 Å². The number of carbonyl (C=O) groups excluding carboxylic acids is 3. The molecule has 1 aromatic carbocycles. The van der Waals surface area contributed by atoms with E-state index in [0.717, 1.165) is 5.56 Å². The predicted octanol–water partition coefficient (Wildman–Crippen LogP) is 2.83. The molecule has 2 N–H and O–H groups in total. The molecule has 0 saturated carbocycles. The molecule has 2 rings (SSSR count). The molecule has 0 bridgehead atoms. The van der Waals surface area contributed by atoms with E-state index in [0.29, 0.717) is 19.4 Å². The maximum absolute atomic E-state index is 13.1. The maximum Gasteiger partial charge on any atom is 0.306 e. The van der Waals surface area contributed by atoms with Gasteiger partial charge in [0.1, 0.15) is 6.61 Å². The molecule has 7 nitrogen and oxygen atoms in total. The summed E-state index contributed by atoms with van der Waals surface area (Å²) in [5.41, 5.74) is 0.646. The summed E-state index contributed by atoms with van der Waals surface area (Å²) >= 11 is 0. The average Bonchev–Trinajstić information content (AvgIpc) is 2.74. The number of ether oxygens (including phenoxy) is 1. The number of carbonyl (C=O) groups is 3. The number of amides is 2. The number of cyclic esters (lactones) is 1. The number of esters is 1. The van der Waals surface area contributed by atoms with Crippen LogP contribution in [-0.4, -0.2) is 53.6 Å². The normalized spacial score (nSPS) is 21.5. The Bertz CT molecular complexity index is 785. The van der Waals surface area contributed by atoms with Crippen LogP contribution in [0.15, 0.2) is 42.5 Å². The highest BCUT2D eigenvalue weighted by Crippen LogP contribution is 2.22. The van der Waals surface area contributed by atoms with Gasteiger partial charge in [0.2, 0.25) is 11.8 Å². The Kier molecular flexibility index (Phi) is 9.91. The van der Waals surface area contributed by atoms with Crippen LogP contribution >= 0.6 is 0 Å². The van der Waals surface area contributed by atoms with Crippen LogP contribution in [0.4, 0.5) is 0 Å². The van der Waals surface area contributed by atoms with E-state index in [1.165, 1.54) is 0 Å². The van der Waals surface area contributed by atoms with Crippen molar-refractivity contribution in [1.82, 2.24) is 10.2 Å². The number of allylic oxidation sites excluding steroid dienone is 2. The number of nitrogens with one attached hydrogen (secondary N) is 1. The smallest absolute Gasteiger partial charge is 0.306 e. The molecule has 32 heavy (non-hydrogen) atoms. The van der Waals surface area contributed by atoms with Gasteiger partial charge in [-0.1, -0.05) is 63.3 Å². The van der Waals surface area contributed by atoms with E-state index in [1.807, 2.05) is 63.3 Å². The maximum atomic E-state index is 13.1. The highest BCUT2D eigenvalue weighted by Gasteiger charge is 2.31. The van der Waals surface area contributed by atoms with Gasteiger partial charge in [0, 0.05) is 25.9 Å². The minimum absolute atomic E-state index is 0.0413. The van der Waals surface area contributed by atoms with Crippen LogP contribution in [0.3, 0.4) is 0 Å². The molecule has 0 spiro atoms. The molecule has 2 atom stereocenters. The van der Waals surface area contributed by atoms with Crippen LogP contribution in [0.2, 0.25) is 0 Å². The molecule has 7 heteroatoms. The molecule has 176 valence electrons. The summed E-state index contributed by atoms with van der Waals surface area (Å²) in [6.45, 7) is 6.46. The van der Waals surface area contributed by atoms with E-state index in [1.54, 1.807) is 4.90 Å². The summed E-state index contributed by atoms with van der Waals surface area (Å²) in [4.78, 5) is 39.7. The third-order valence-corrected chi connectivity index (χ3v) is 5.61. The van der Waals surface area contributed by atoms with E-state index in [-0.39, 0.29) is 61.8 Å². The zero-order valence-corrected chi connectivity index (χ0v) is 19.4. The number of aliphatic hydroxyl groups excluding tert-OH is 1. The van der Waals surface area contributed by atoms with E-state index in [2.05, 4.69) is 5.32 Å². The van der Waals surface area contributed by atoms with Crippen molar-refractivity contribution in [2.24, 2.45) is 11.3 Å². The first-order valence-electron chi connectivity index (χ1n) is 11.2. The summed E-state index contributed by atoms with van der Waals surface area (Å²) in [6, 6.07) is 9.21. The van der Waals surface area contributed by atoms with Crippen LogP contribution in [0.1, 0.15) is 52.0 Å². The van der Waals surface area contributed by atoms with Gasteiger partial charge in [0.15, 0.2) is 0 Å². The topological polar surface area (TPSA) is 95.9 Å². The van der Waals surface area contributed by atoms with Crippen LogP contribution in [0.25, 0.3) is 0 Å². The lowest BCUT2D eigenvalue weighted by atomic mass is 9.86. The zero-order valence-electron chi connectivity index (χ0n) is 19.4. The number of aliphatic hydroxyl groups is 1. The van der Waals surface area contributed by atoms with Crippen molar-refractivity contribution in [1.29, 1.82) is 0 Å². The summed E-state index contributed by atoms with van der Waals surface area (Å²) in [6.07, 6.45) is 4.97. The number of hydrogen-bond acceptors (Lipinski definition) is 5. The molecule has 0 saturated heterocycles. The molecule has 1 aliphatic heterocycles. The first kappa shape index (κ1) is 25.6. The first-order chi connectivity index (χ1) is 15.2. The van der Waals surface area contributed by atoms with Crippen molar-refractivity contribution in [2.75, 3.05) is 19.8 Å². The quantitative estimate of drug-likeness (QED) is 0.520. The summed E-state index contributed by atoms with van der Waals surface area (Å²) in [7, 11) is 0. The average molecular weight is 445 g/mol. The van der Waals surface area contributed by atoms with Crippen molar-refractivity contribution >= 4 is 17.8 Å². The van der Waals surface area contributed by atoms with Crippen LogP contribution < -0.4 is 5.32 Å².